The lowest BCUT2D eigenvalue weighted by Crippen LogP contribution is -2.03. The molecule has 2 rings (SSSR count). The summed E-state index contributed by atoms with van der Waals surface area (Å²) in [4.78, 5) is 10.8. The molecule has 3 heteroatoms. The summed E-state index contributed by atoms with van der Waals surface area (Å²) in [6, 6.07) is 6.10. The van der Waals surface area contributed by atoms with Gasteiger partial charge in [-0.3, -0.25) is 4.79 Å². The standard InChI is InChI=1S/C15H20O3/c1-9(6-11-8-14(11)15(16)17)13-5-4-12(18-3)7-10(13)2/h4-5,7,9,11,14H,6,8H2,1-3H3,(H,16,17). The van der Waals surface area contributed by atoms with Gasteiger partial charge in [0.1, 0.15) is 5.75 Å². The van der Waals surface area contributed by atoms with Crippen LogP contribution in [0.2, 0.25) is 0 Å². The maximum atomic E-state index is 10.8. The lowest BCUT2D eigenvalue weighted by molar-refractivity contribution is -0.138. The van der Waals surface area contributed by atoms with Gasteiger partial charge in [-0.15, -0.1) is 0 Å². The number of rotatable bonds is 5. The number of benzene rings is 1. The number of hydrogen-bond donors (Lipinski definition) is 1. The Hall–Kier alpha value is -1.51. The summed E-state index contributed by atoms with van der Waals surface area (Å²) >= 11 is 0. The highest BCUT2D eigenvalue weighted by Gasteiger charge is 2.43. The molecule has 1 fully saturated rings. The van der Waals surface area contributed by atoms with E-state index in [4.69, 9.17) is 9.84 Å². The first-order chi connectivity index (χ1) is 8.52. The fourth-order valence-electron chi connectivity index (χ4n) is 2.72. The summed E-state index contributed by atoms with van der Waals surface area (Å²) in [5.74, 6) is 0.896. The van der Waals surface area contributed by atoms with Crippen LogP contribution in [0.3, 0.4) is 0 Å². The third kappa shape index (κ3) is 2.66. The average molecular weight is 248 g/mol. The van der Waals surface area contributed by atoms with Crippen molar-refractivity contribution in [1.29, 1.82) is 0 Å². The van der Waals surface area contributed by atoms with Crippen LogP contribution in [0.4, 0.5) is 0 Å². The molecule has 0 bridgehead atoms. The van der Waals surface area contributed by atoms with Crippen LogP contribution in [0.25, 0.3) is 0 Å². The fraction of sp³-hybridized carbons (Fsp3) is 0.533. The highest BCUT2D eigenvalue weighted by Crippen LogP contribution is 2.45. The van der Waals surface area contributed by atoms with Gasteiger partial charge in [0.2, 0.25) is 0 Å². The summed E-state index contributed by atoms with van der Waals surface area (Å²) in [7, 11) is 1.67. The zero-order chi connectivity index (χ0) is 13.3. The molecule has 3 unspecified atom stereocenters. The van der Waals surface area contributed by atoms with E-state index in [0.29, 0.717) is 11.8 Å². The molecular weight excluding hydrogens is 228 g/mol. The smallest absolute Gasteiger partial charge is 0.306 e. The molecule has 0 radical (unpaired) electrons. The largest absolute Gasteiger partial charge is 0.497 e. The van der Waals surface area contributed by atoms with Crippen molar-refractivity contribution in [3.05, 3.63) is 29.3 Å². The van der Waals surface area contributed by atoms with Crippen LogP contribution >= 0.6 is 0 Å². The molecule has 0 heterocycles. The van der Waals surface area contributed by atoms with Crippen LogP contribution in [0.5, 0.6) is 5.75 Å². The SMILES string of the molecule is COc1ccc(C(C)CC2CC2C(=O)O)c(C)c1. The predicted octanol–water partition coefficient (Wildman–Crippen LogP) is 3.22. The minimum absolute atomic E-state index is 0.106. The molecule has 1 N–H and O–H groups in total. The van der Waals surface area contributed by atoms with Crippen LogP contribution in [0, 0.1) is 18.8 Å². The Morgan fingerprint density at radius 1 is 1.56 bits per heavy atom. The zero-order valence-corrected chi connectivity index (χ0v) is 11.1. The summed E-state index contributed by atoms with van der Waals surface area (Å²) in [5.41, 5.74) is 2.52. The molecule has 1 aromatic rings. The van der Waals surface area contributed by atoms with Crippen LogP contribution in [-0.4, -0.2) is 18.2 Å². The van der Waals surface area contributed by atoms with E-state index in [-0.39, 0.29) is 5.92 Å². The maximum Gasteiger partial charge on any atom is 0.306 e. The van der Waals surface area contributed by atoms with Crippen molar-refractivity contribution in [2.24, 2.45) is 11.8 Å². The van der Waals surface area contributed by atoms with Gasteiger partial charge in [-0.2, -0.15) is 0 Å². The van der Waals surface area contributed by atoms with Crippen LogP contribution < -0.4 is 4.74 Å². The van der Waals surface area contributed by atoms with E-state index in [0.717, 1.165) is 18.6 Å². The predicted molar refractivity (Wildman–Crippen MR) is 70.0 cm³/mol. The molecule has 18 heavy (non-hydrogen) atoms. The topological polar surface area (TPSA) is 46.5 Å². The Bertz CT molecular complexity index is 453. The first kappa shape index (κ1) is 12.9. The molecular formula is C15H20O3. The van der Waals surface area contributed by atoms with Gasteiger partial charge < -0.3 is 9.84 Å². The van der Waals surface area contributed by atoms with Gasteiger partial charge in [-0.05, 0) is 54.9 Å². The number of carboxylic acids is 1. The van der Waals surface area contributed by atoms with Gasteiger partial charge in [0, 0.05) is 0 Å². The molecule has 0 spiro atoms. The molecule has 98 valence electrons. The van der Waals surface area contributed by atoms with Gasteiger partial charge in [0.15, 0.2) is 0 Å². The molecule has 0 aromatic heterocycles. The molecule has 3 atom stereocenters. The lowest BCUT2D eigenvalue weighted by Gasteiger charge is -2.15. The molecule has 3 nitrogen and oxygen atoms in total. The van der Waals surface area contributed by atoms with Gasteiger partial charge in [-0.1, -0.05) is 13.0 Å². The van der Waals surface area contributed by atoms with Crippen molar-refractivity contribution in [3.8, 4) is 5.75 Å². The van der Waals surface area contributed by atoms with E-state index < -0.39 is 5.97 Å². The number of carbonyl (C=O) groups is 1. The van der Waals surface area contributed by atoms with Crippen LogP contribution in [-0.2, 0) is 4.79 Å². The van der Waals surface area contributed by atoms with E-state index in [1.807, 2.05) is 12.1 Å². The van der Waals surface area contributed by atoms with Crippen molar-refractivity contribution in [3.63, 3.8) is 0 Å². The lowest BCUT2D eigenvalue weighted by atomic mass is 9.91. The Balaban J connectivity index is 2.01. The van der Waals surface area contributed by atoms with Gasteiger partial charge in [0.05, 0.1) is 13.0 Å². The number of ether oxygens (including phenoxy) is 1. The second-order valence-electron chi connectivity index (χ2n) is 5.30. The molecule has 1 aliphatic carbocycles. The first-order valence-electron chi connectivity index (χ1n) is 6.40. The monoisotopic (exact) mass is 248 g/mol. The van der Waals surface area contributed by atoms with Crippen molar-refractivity contribution >= 4 is 5.97 Å². The van der Waals surface area contributed by atoms with E-state index in [1.54, 1.807) is 7.11 Å². The minimum Gasteiger partial charge on any atom is -0.497 e. The van der Waals surface area contributed by atoms with Crippen molar-refractivity contribution in [2.45, 2.75) is 32.6 Å². The number of aliphatic carboxylic acids is 1. The Labute approximate surface area is 108 Å². The molecule has 1 aromatic carbocycles. The first-order valence-corrected chi connectivity index (χ1v) is 6.40. The minimum atomic E-state index is -0.640. The Morgan fingerprint density at radius 3 is 2.78 bits per heavy atom. The third-order valence-corrected chi connectivity index (χ3v) is 3.90. The second kappa shape index (κ2) is 5.01. The Kier molecular flexibility index (Phi) is 3.60. The third-order valence-electron chi connectivity index (χ3n) is 3.90. The average Bonchev–Trinajstić information content (AvgIpc) is 3.08. The number of hydrogen-bond acceptors (Lipinski definition) is 2. The summed E-state index contributed by atoms with van der Waals surface area (Å²) in [5, 5.41) is 8.91. The van der Waals surface area contributed by atoms with Gasteiger partial charge >= 0.3 is 5.97 Å². The van der Waals surface area contributed by atoms with E-state index >= 15 is 0 Å². The highest BCUT2D eigenvalue weighted by atomic mass is 16.5. The number of carboxylic acid groups (broad SMARTS) is 1. The summed E-state index contributed by atoms with van der Waals surface area (Å²) in [6.45, 7) is 4.25. The maximum absolute atomic E-state index is 10.8. The Morgan fingerprint density at radius 2 is 2.28 bits per heavy atom. The van der Waals surface area contributed by atoms with Crippen LogP contribution in [0.15, 0.2) is 18.2 Å². The van der Waals surface area contributed by atoms with Crippen molar-refractivity contribution in [1.82, 2.24) is 0 Å². The summed E-state index contributed by atoms with van der Waals surface area (Å²) in [6.07, 6.45) is 1.80. The molecule has 0 saturated heterocycles. The van der Waals surface area contributed by atoms with E-state index in [1.165, 1.54) is 11.1 Å². The quantitative estimate of drug-likeness (QED) is 0.870. The van der Waals surface area contributed by atoms with E-state index in [2.05, 4.69) is 19.9 Å². The van der Waals surface area contributed by atoms with Crippen molar-refractivity contribution < 1.29 is 14.6 Å². The second-order valence-corrected chi connectivity index (χ2v) is 5.30. The normalized spacial score (nSPS) is 23.5. The molecule has 1 saturated carbocycles. The molecule has 1 aliphatic rings. The molecule has 0 aliphatic heterocycles. The zero-order valence-electron chi connectivity index (χ0n) is 11.1. The van der Waals surface area contributed by atoms with Crippen molar-refractivity contribution in [2.75, 3.05) is 7.11 Å². The number of methoxy groups -OCH3 is 1. The highest BCUT2D eigenvalue weighted by molar-refractivity contribution is 5.73. The molecule has 0 amide bonds. The van der Waals surface area contributed by atoms with Gasteiger partial charge in [-0.25, -0.2) is 0 Å². The number of aryl methyl sites for hydroxylation is 1. The van der Waals surface area contributed by atoms with E-state index in [9.17, 15) is 4.79 Å². The fourth-order valence-corrected chi connectivity index (χ4v) is 2.72. The van der Waals surface area contributed by atoms with Crippen LogP contribution in [0.1, 0.15) is 36.8 Å². The summed E-state index contributed by atoms with van der Waals surface area (Å²) < 4.78 is 5.19. The van der Waals surface area contributed by atoms with Gasteiger partial charge in [0.25, 0.3) is 0 Å².